The van der Waals surface area contributed by atoms with Crippen molar-refractivity contribution in [2.45, 2.75) is 19.4 Å². The molecule has 0 saturated carbocycles. The van der Waals surface area contributed by atoms with Crippen molar-refractivity contribution in [3.05, 3.63) is 28.3 Å². The molecule has 0 saturated heterocycles. The number of nitro groups is 1. The maximum Gasteiger partial charge on any atom is 0.273 e. The van der Waals surface area contributed by atoms with Gasteiger partial charge in [-0.05, 0) is 19.9 Å². The first kappa shape index (κ1) is 13.2. The average molecular weight is 241 g/mol. The van der Waals surface area contributed by atoms with Gasteiger partial charge in [0.2, 0.25) is 0 Å². The molecule has 0 heterocycles. The van der Waals surface area contributed by atoms with Gasteiger partial charge in [0.05, 0.1) is 23.7 Å². The van der Waals surface area contributed by atoms with Gasteiger partial charge in [-0.3, -0.25) is 10.1 Å². The number of nitro benzene ring substituents is 1. The first-order chi connectivity index (χ1) is 7.83. The molecule has 0 fully saturated rings. The van der Waals surface area contributed by atoms with E-state index in [0.29, 0.717) is 5.75 Å². The number of methoxy groups -OCH3 is 1. The molecule has 0 aliphatic carbocycles. The molecular formula is C11H15NO5. The Morgan fingerprint density at radius 2 is 2.06 bits per heavy atom. The van der Waals surface area contributed by atoms with E-state index in [9.17, 15) is 15.2 Å². The Morgan fingerprint density at radius 3 is 2.53 bits per heavy atom. The lowest BCUT2D eigenvalue weighted by atomic mass is 10.2. The van der Waals surface area contributed by atoms with Gasteiger partial charge in [0.25, 0.3) is 5.69 Å². The minimum absolute atomic E-state index is 0.0706. The fraction of sp³-hybridized carbons (Fsp3) is 0.455. The number of non-ortho nitro benzene ring substituents is 1. The highest BCUT2D eigenvalue weighted by Gasteiger charge is 2.17. The zero-order valence-electron chi connectivity index (χ0n) is 9.97. The maximum absolute atomic E-state index is 10.6. The van der Waals surface area contributed by atoms with Crippen molar-refractivity contribution in [1.82, 2.24) is 0 Å². The standard InChI is InChI=1S/C11H15NO5/c1-11(2,13)7-17-9-5-4-8(12(14)15)6-10(9)16-3/h4-6,13H,7H2,1-3H3. The van der Waals surface area contributed by atoms with Gasteiger partial charge < -0.3 is 14.6 Å². The summed E-state index contributed by atoms with van der Waals surface area (Å²) in [6.45, 7) is 3.27. The lowest BCUT2D eigenvalue weighted by Gasteiger charge is -2.18. The Kier molecular flexibility index (Phi) is 3.90. The van der Waals surface area contributed by atoms with E-state index in [-0.39, 0.29) is 18.0 Å². The summed E-state index contributed by atoms with van der Waals surface area (Å²) in [7, 11) is 1.40. The zero-order valence-corrected chi connectivity index (χ0v) is 9.97. The van der Waals surface area contributed by atoms with Crippen molar-refractivity contribution >= 4 is 5.69 Å². The van der Waals surface area contributed by atoms with Crippen LogP contribution in [0.2, 0.25) is 0 Å². The molecule has 0 bridgehead atoms. The maximum atomic E-state index is 10.6. The van der Waals surface area contributed by atoms with Crippen LogP contribution in [-0.2, 0) is 0 Å². The smallest absolute Gasteiger partial charge is 0.273 e. The number of rotatable bonds is 5. The van der Waals surface area contributed by atoms with Gasteiger partial charge in [0.1, 0.15) is 6.61 Å². The molecule has 1 aromatic carbocycles. The highest BCUT2D eigenvalue weighted by Crippen LogP contribution is 2.31. The molecule has 94 valence electrons. The Labute approximate surface area is 98.9 Å². The fourth-order valence-corrected chi connectivity index (χ4v) is 1.14. The normalized spacial score (nSPS) is 11.1. The summed E-state index contributed by atoms with van der Waals surface area (Å²) in [5.41, 5.74) is -1.05. The molecule has 0 radical (unpaired) electrons. The largest absolute Gasteiger partial charge is 0.493 e. The molecule has 17 heavy (non-hydrogen) atoms. The number of hydrogen-bond acceptors (Lipinski definition) is 5. The molecule has 0 aliphatic rings. The highest BCUT2D eigenvalue weighted by molar-refractivity contribution is 5.48. The summed E-state index contributed by atoms with van der Waals surface area (Å²) in [5, 5.41) is 20.1. The van der Waals surface area contributed by atoms with Crippen molar-refractivity contribution in [2.24, 2.45) is 0 Å². The number of ether oxygens (including phenoxy) is 2. The van der Waals surface area contributed by atoms with Gasteiger partial charge >= 0.3 is 0 Å². The van der Waals surface area contributed by atoms with E-state index >= 15 is 0 Å². The van der Waals surface area contributed by atoms with E-state index in [0.717, 1.165) is 0 Å². The van der Waals surface area contributed by atoms with Crippen LogP contribution in [0, 0.1) is 10.1 Å². The molecule has 6 heteroatoms. The predicted molar refractivity (Wildman–Crippen MR) is 61.4 cm³/mol. The average Bonchev–Trinajstić information content (AvgIpc) is 2.24. The van der Waals surface area contributed by atoms with Crippen LogP contribution in [0.25, 0.3) is 0 Å². The van der Waals surface area contributed by atoms with E-state index in [1.165, 1.54) is 25.3 Å². The van der Waals surface area contributed by atoms with Crippen molar-refractivity contribution < 1.29 is 19.5 Å². The Morgan fingerprint density at radius 1 is 1.41 bits per heavy atom. The Bertz CT molecular complexity index is 411. The van der Waals surface area contributed by atoms with Crippen LogP contribution in [0.3, 0.4) is 0 Å². The van der Waals surface area contributed by atoms with E-state index < -0.39 is 10.5 Å². The molecule has 0 unspecified atom stereocenters. The molecule has 0 atom stereocenters. The summed E-state index contributed by atoms with van der Waals surface area (Å²) in [4.78, 5) is 10.1. The van der Waals surface area contributed by atoms with Gasteiger partial charge in [0.15, 0.2) is 11.5 Å². The quantitative estimate of drug-likeness (QED) is 0.627. The highest BCUT2D eigenvalue weighted by atomic mass is 16.6. The zero-order chi connectivity index (χ0) is 13.1. The van der Waals surface area contributed by atoms with Crippen LogP contribution in [0.4, 0.5) is 5.69 Å². The summed E-state index contributed by atoms with van der Waals surface area (Å²) in [6.07, 6.45) is 0. The molecule has 0 amide bonds. The molecule has 0 spiro atoms. The van der Waals surface area contributed by atoms with Gasteiger partial charge in [-0.25, -0.2) is 0 Å². The lowest BCUT2D eigenvalue weighted by molar-refractivity contribution is -0.384. The topological polar surface area (TPSA) is 81.8 Å². The van der Waals surface area contributed by atoms with E-state index in [1.807, 2.05) is 0 Å². The SMILES string of the molecule is COc1cc([N+](=O)[O-])ccc1OCC(C)(C)O. The van der Waals surface area contributed by atoms with Gasteiger partial charge in [-0.1, -0.05) is 0 Å². The third kappa shape index (κ3) is 3.92. The third-order valence-corrected chi connectivity index (χ3v) is 1.94. The molecule has 1 rings (SSSR count). The first-order valence-corrected chi connectivity index (χ1v) is 5.01. The van der Waals surface area contributed by atoms with E-state index in [1.54, 1.807) is 13.8 Å². The number of nitrogens with zero attached hydrogens (tertiary/aromatic N) is 1. The molecule has 0 aliphatic heterocycles. The van der Waals surface area contributed by atoms with E-state index in [2.05, 4.69) is 0 Å². The minimum atomic E-state index is -0.979. The van der Waals surface area contributed by atoms with Crippen LogP contribution >= 0.6 is 0 Å². The Balaban J connectivity index is 2.89. The second-order valence-corrected chi connectivity index (χ2v) is 4.19. The van der Waals surface area contributed by atoms with Crippen LogP contribution in [0.5, 0.6) is 11.5 Å². The molecule has 0 aromatic heterocycles. The van der Waals surface area contributed by atoms with Gasteiger partial charge in [0, 0.05) is 6.07 Å². The monoisotopic (exact) mass is 241 g/mol. The predicted octanol–water partition coefficient (Wildman–Crippen LogP) is 1.75. The van der Waals surface area contributed by atoms with Gasteiger partial charge in [-0.15, -0.1) is 0 Å². The van der Waals surface area contributed by atoms with Crippen molar-refractivity contribution in [1.29, 1.82) is 0 Å². The van der Waals surface area contributed by atoms with Crippen LogP contribution < -0.4 is 9.47 Å². The van der Waals surface area contributed by atoms with Crippen molar-refractivity contribution in [3.8, 4) is 11.5 Å². The van der Waals surface area contributed by atoms with Gasteiger partial charge in [-0.2, -0.15) is 0 Å². The summed E-state index contributed by atoms with van der Waals surface area (Å²) in [6, 6.07) is 4.05. The summed E-state index contributed by atoms with van der Waals surface area (Å²) >= 11 is 0. The van der Waals surface area contributed by atoms with Crippen LogP contribution in [-0.4, -0.2) is 29.3 Å². The fourth-order valence-electron chi connectivity index (χ4n) is 1.14. The van der Waals surface area contributed by atoms with Crippen molar-refractivity contribution in [3.63, 3.8) is 0 Å². The second-order valence-electron chi connectivity index (χ2n) is 4.19. The number of hydrogen-bond donors (Lipinski definition) is 1. The Hall–Kier alpha value is -1.82. The first-order valence-electron chi connectivity index (χ1n) is 5.01. The molecule has 1 N–H and O–H groups in total. The summed E-state index contributed by atoms with van der Waals surface area (Å²) < 4.78 is 10.3. The van der Waals surface area contributed by atoms with E-state index in [4.69, 9.17) is 9.47 Å². The minimum Gasteiger partial charge on any atom is -0.493 e. The van der Waals surface area contributed by atoms with Crippen LogP contribution in [0.1, 0.15) is 13.8 Å². The van der Waals surface area contributed by atoms with Crippen LogP contribution in [0.15, 0.2) is 18.2 Å². The second kappa shape index (κ2) is 5.01. The molecule has 1 aromatic rings. The third-order valence-electron chi connectivity index (χ3n) is 1.94. The lowest BCUT2D eigenvalue weighted by Crippen LogP contribution is -2.27. The molecule has 6 nitrogen and oxygen atoms in total. The summed E-state index contributed by atoms with van der Waals surface area (Å²) in [5.74, 6) is 0.628. The molecular weight excluding hydrogens is 226 g/mol. The van der Waals surface area contributed by atoms with Crippen molar-refractivity contribution in [2.75, 3.05) is 13.7 Å². The number of benzene rings is 1. The number of aliphatic hydroxyl groups is 1.